The zero-order chi connectivity index (χ0) is 24.1. The van der Waals surface area contributed by atoms with Crippen molar-refractivity contribution >= 4 is 52.2 Å². The number of para-hydroxylation sites is 1. The maximum absolute atomic E-state index is 13.1. The lowest BCUT2D eigenvalue weighted by atomic mass is 10.1. The fraction of sp³-hybridized carbons (Fsp3) is 0.115. The van der Waals surface area contributed by atoms with Crippen LogP contribution in [0.2, 0.25) is 0 Å². The lowest BCUT2D eigenvalue weighted by molar-refractivity contribution is -0.122. The highest BCUT2D eigenvalue weighted by Crippen LogP contribution is 2.36. The number of rotatable bonds is 7. The third-order valence-corrected chi connectivity index (χ3v) is 5.79. The van der Waals surface area contributed by atoms with Gasteiger partial charge in [-0.05, 0) is 71.0 Å². The summed E-state index contributed by atoms with van der Waals surface area (Å²) in [7, 11) is 0. The first kappa shape index (κ1) is 23.5. The number of urea groups is 1. The minimum atomic E-state index is -0.785. The number of imide groups is 2. The molecule has 1 aliphatic rings. The Balaban J connectivity index is 1.66. The van der Waals surface area contributed by atoms with Gasteiger partial charge in [0.25, 0.3) is 11.8 Å². The number of barbiturate groups is 1. The number of amides is 4. The zero-order valence-corrected chi connectivity index (χ0v) is 20.4. The Kier molecular flexibility index (Phi) is 7.27. The lowest BCUT2D eigenvalue weighted by Crippen LogP contribution is -2.54. The average molecular weight is 568 g/mol. The van der Waals surface area contributed by atoms with Crippen molar-refractivity contribution in [2.75, 3.05) is 11.5 Å². The number of halogens is 1. The van der Waals surface area contributed by atoms with Crippen molar-refractivity contribution in [1.29, 1.82) is 0 Å². The molecule has 8 heteroatoms. The molecule has 3 aromatic rings. The molecule has 34 heavy (non-hydrogen) atoms. The van der Waals surface area contributed by atoms with Gasteiger partial charge in [0, 0.05) is 0 Å². The molecular weight excluding hydrogens is 547 g/mol. The Labute approximate surface area is 210 Å². The predicted molar refractivity (Wildman–Crippen MR) is 137 cm³/mol. The summed E-state index contributed by atoms with van der Waals surface area (Å²) < 4.78 is 12.6. The molecule has 4 amide bonds. The molecule has 0 aliphatic carbocycles. The van der Waals surface area contributed by atoms with Gasteiger partial charge in [-0.25, -0.2) is 9.69 Å². The van der Waals surface area contributed by atoms with E-state index in [1.807, 2.05) is 37.3 Å². The van der Waals surface area contributed by atoms with Crippen LogP contribution in [0.25, 0.3) is 6.08 Å². The molecule has 0 radical (unpaired) electrons. The average Bonchev–Trinajstić information content (AvgIpc) is 2.83. The van der Waals surface area contributed by atoms with Gasteiger partial charge in [-0.15, -0.1) is 0 Å². The Morgan fingerprint density at radius 1 is 0.941 bits per heavy atom. The topological polar surface area (TPSA) is 84.9 Å². The first-order valence-electron chi connectivity index (χ1n) is 10.6. The normalized spacial score (nSPS) is 14.8. The minimum absolute atomic E-state index is 0.153. The van der Waals surface area contributed by atoms with Crippen molar-refractivity contribution in [2.24, 2.45) is 0 Å². The first-order chi connectivity index (χ1) is 16.5. The maximum atomic E-state index is 13.1. The first-order valence-corrected chi connectivity index (χ1v) is 11.7. The van der Waals surface area contributed by atoms with Crippen molar-refractivity contribution in [1.82, 2.24) is 5.32 Å². The Bertz CT molecular complexity index is 1260. The number of ether oxygens (including phenoxy) is 2. The number of nitrogens with zero attached hydrogens (tertiary/aromatic N) is 1. The third kappa shape index (κ3) is 5.12. The highest BCUT2D eigenvalue weighted by molar-refractivity contribution is 14.1. The fourth-order valence-electron chi connectivity index (χ4n) is 3.44. The highest BCUT2D eigenvalue weighted by atomic mass is 127. The van der Waals surface area contributed by atoms with E-state index in [4.69, 9.17) is 9.47 Å². The summed E-state index contributed by atoms with van der Waals surface area (Å²) in [5.41, 5.74) is 1.81. The third-order valence-electron chi connectivity index (χ3n) is 4.98. The summed E-state index contributed by atoms with van der Waals surface area (Å²) in [6.45, 7) is 2.64. The summed E-state index contributed by atoms with van der Waals surface area (Å²) in [5.74, 6) is -0.373. The van der Waals surface area contributed by atoms with Gasteiger partial charge in [-0.2, -0.15) is 0 Å². The summed E-state index contributed by atoms with van der Waals surface area (Å²) in [4.78, 5) is 38.9. The molecule has 1 fully saturated rings. The zero-order valence-electron chi connectivity index (χ0n) is 18.3. The second-order valence-electron chi connectivity index (χ2n) is 7.33. The Morgan fingerprint density at radius 3 is 2.29 bits per heavy atom. The molecule has 1 aliphatic heterocycles. The standard InChI is InChI=1S/C26H21IN2O5/c1-2-33-22-15-18(14-21(27)23(22)34-16-17-9-5-3-6-10-17)13-20-24(30)28-26(32)29(25(20)31)19-11-7-4-8-12-19/h3-15H,2,16H2,1H3,(H,28,30,32)/b20-13+. The van der Waals surface area contributed by atoms with Crippen molar-refractivity contribution in [2.45, 2.75) is 13.5 Å². The fourth-order valence-corrected chi connectivity index (χ4v) is 4.22. The van der Waals surface area contributed by atoms with E-state index in [1.54, 1.807) is 42.5 Å². The van der Waals surface area contributed by atoms with Crippen molar-refractivity contribution in [3.8, 4) is 11.5 Å². The van der Waals surface area contributed by atoms with Gasteiger partial charge >= 0.3 is 6.03 Å². The largest absolute Gasteiger partial charge is 0.490 e. The second kappa shape index (κ2) is 10.5. The van der Waals surface area contributed by atoms with Crippen LogP contribution < -0.4 is 19.7 Å². The van der Waals surface area contributed by atoms with Crippen LogP contribution in [0.4, 0.5) is 10.5 Å². The molecule has 0 saturated carbocycles. The smallest absolute Gasteiger partial charge is 0.335 e. The van der Waals surface area contributed by atoms with Gasteiger partial charge in [0.2, 0.25) is 0 Å². The molecule has 1 heterocycles. The molecule has 0 aromatic heterocycles. The summed E-state index contributed by atoms with van der Waals surface area (Å²) in [6, 6.07) is 20.9. The molecule has 0 unspecified atom stereocenters. The summed E-state index contributed by atoms with van der Waals surface area (Å²) in [5, 5.41) is 2.23. The van der Waals surface area contributed by atoms with E-state index in [9.17, 15) is 14.4 Å². The number of anilines is 1. The van der Waals surface area contributed by atoms with Crippen LogP contribution in [-0.4, -0.2) is 24.5 Å². The SMILES string of the molecule is CCOc1cc(/C=C2\C(=O)NC(=O)N(c3ccccc3)C2=O)cc(I)c1OCc1ccccc1. The van der Waals surface area contributed by atoms with Crippen molar-refractivity contribution in [3.63, 3.8) is 0 Å². The van der Waals surface area contributed by atoms with E-state index in [0.29, 0.717) is 36.0 Å². The van der Waals surface area contributed by atoms with Gasteiger partial charge in [-0.1, -0.05) is 48.5 Å². The van der Waals surface area contributed by atoms with Crippen LogP contribution in [0.15, 0.2) is 78.4 Å². The quantitative estimate of drug-likeness (QED) is 0.248. The Morgan fingerprint density at radius 2 is 1.62 bits per heavy atom. The van der Waals surface area contributed by atoms with E-state index in [2.05, 4.69) is 27.9 Å². The molecule has 1 saturated heterocycles. The highest BCUT2D eigenvalue weighted by Gasteiger charge is 2.36. The van der Waals surface area contributed by atoms with Gasteiger partial charge in [0.15, 0.2) is 11.5 Å². The van der Waals surface area contributed by atoms with Crippen LogP contribution in [-0.2, 0) is 16.2 Å². The van der Waals surface area contributed by atoms with Gasteiger partial charge in [-0.3, -0.25) is 14.9 Å². The molecule has 0 atom stereocenters. The number of carbonyl (C=O) groups is 3. The minimum Gasteiger partial charge on any atom is -0.490 e. The number of nitrogens with one attached hydrogen (secondary N) is 1. The van der Waals surface area contributed by atoms with E-state index < -0.39 is 17.8 Å². The van der Waals surface area contributed by atoms with E-state index in [0.717, 1.165) is 14.0 Å². The Hall–Kier alpha value is -3.66. The molecule has 0 bridgehead atoms. The van der Waals surface area contributed by atoms with Crippen LogP contribution in [0.5, 0.6) is 11.5 Å². The summed E-state index contributed by atoms with van der Waals surface area (Å²) in [6.07, 6.45) is 1.45. The monoisotopic (exact) mass is 568 g/mol. The number of carbonyl (C=O) groups excluding carboxylic acids is 3. The van der Waals surface area contributed by atoms with Crippen molar-refractivity contribution < 1.29 is 23.9 Å². The van der Waals surface area contributed by atoms with E-state index >= 15 is 0 Å². The molecule has 172 valence electrons. The maximum Gasteiger partial charge on any atom is 0.335 e. The van der Waals surface area contributed by atoms with Gasteiger partial charge < -0.3 is 9.47 Å². The van der Waals surface area contributed by atoms with Crippen LogP contribution >= 0.6 is 22.6 Å². The van der Waals surface area contributed by atoms with E-state index in [-0.39, 0.29) is 5.57 Å². The van der Waals surface area contributed by atoms with E-state index in [1.165, 1.54) is 6.08 Å². The molecule has 3 aromatic carbocycles. The number of benzene rings is 3. The molecule has 4 rings (SSSR count). The number of hydrogen-bond acceptors (Lipinski definition) is 5. The van der Waals surface area contributed by atoms with Crippen LogP contribution in [0, 0.1) is 3.57 Å². The van der Waals surface area contributed by atoms with Gasteiger partial charge in [0.05, 0.1) is 15.9 Å². The van der Waals surface area contributed by atoms with Crippen molar-refractivity contribution in [3.05, 3.63) is 93.1 Å². The molecule has 7 nitrogen and oxygen atoms in total. The number of hydrogen-bond donors (Lipinski definition) is 1. The molecule has 0 spiro atoms. The molecular formula is C26H21IN2O5. The molecule has 1 N–H and O–H groups in total. The van der Waals surface area contributed by atoms with Crippen LogP contribution in [0.1, 0.15) is 18.1 Å². The second-order valence-corrected chi connectivity index (χ2v) is 8.49. The summed E-state index contributed by atoms with van der Waals surface area (Å²) >= 11 is 2.13. The lowest BCUT2D eigenvalue weighted by Gasteiger charge is -2.26. The van der Waals surface area contributed by atoms with Gasteiger partial charge in [0.1, 0.15) is 12.2 Å². The van der Waals surface area contributed by atoms with Crippen LogP contribution in [0.3, 0.4) is 0 Å². The predicted octanol–water partition coefficient (Wildman–Crippen LogP) is 4.94.